The fourth-order valence-corrected chi connectivity index (χ4v) is 2.47. The molecule has 74 valence electrons. The van der Waals surface area contributed by atoms with E-state index in [-0.39, 0.29) is 0 Å². The van der Waals surface area contributed by atoms with E-state index in [9.17, 15) is 0 Å². The van der Waals surface area contributed by atoms with Crippen molar-refractivity contribution in [3.05, 3.63) is 11.1 Å². The van der Waals surface area contributed by atoms with E-state index < -0.39 is 0 Å². The fourth-order valence-electron chi connectivity index (χ4n) is 1.62. The van der Waals surface area contributed by atoms with E-state index in [1.54, 1.807) is 11.3 Å². The third-order valence-corrected chi connectivity index (χ3v) is 3.21. The molecule has 0 saturated heterocycles. The second-order valence-electron chi connectivity index (χ2n) is 3.38. The Morgan fingerprint density at radius 1 is 1.38 bits per heavy atom. The molecule has 3 heteroatoms. The molecule has 0 fully saturated rings. The Kier molecular flexibility index (Phi) is 4.22. The Bertz CT molecular complexity index is 239. The van der Waals surface area contributed by atoms with Gasteiger partial charge in [-0.05, 0) is 18.8 Å². The number of anilines is 1. The highest BCUT2D eigenvalue weighted by Crippen LogP contribution is 2.31. The number of aromatic nitrogens is 1. The van der Waals surface area contributed by atoms with Crippen LogP contribution in [-0.2, 0) is 0 Å². The highest BCUT2D eigenvalue weighted by molar-refractivity contribution is 7.15. The van der Waals surface area contributed by atoms with Gasteiger partial charge >= 0.3 is 0 Å². The zero-order chi connectivity index (χ0) is 9.68. The van der Waals surface area contributed by atoms with Gasteiger partial charge in [0.25, 0.3) is 0 Å². The van der Waals surface area contributed by atoms with Crippen LogP contribution in [0.25, 0.3) is 0 Å². The van der Waals surface area contributed by atoms with Crippen molar-refractivity contribution in [3.63, 3.8) is 0 Å². The zero-order valence-corrected chi connectivity index (χ0v) is 9.23. The van der Waals surface area contributed by atoms with E-state index in [1.807, 2.05) is 6.20 Å². The summed E-state index contributed by atoms with van der Waals surface area (Å²) < 4.78 is 0. The largest absolute Gasteiger partial charge is 0.375 e. The summed E-state index contributed by atoms with van der Waals surface area (Å²) in [5.74, 6) is 0.685. The molecular weight excluding hydrogens is 180 g/mol. The monoisotopic (exact) mass is 198 g/mol. The average molecular weight is 198 g/mol. The molecule has 1 aromatic rings. The molecule has 0 aliphatic carbocycles. The van der Waals surface area contributed by atoms with Crippen molar-refractivity contribution in [2.24, 2.45) is 0 Å². The van der Waals surface area contributed by atoms with Crippen molar-refractivity contribution in [3.8, 4) is 0 Å². The molecule has 2 N–H and O–H groups in total. The fraction of sp³-hybridized carbons (Fsp3) is 0.700. The minimum absolute atomic E-state index is 0.685. The van der Waals surface area contributed by atoms with Gasteiger partial charge in [0.1, 0.15) is 0 Å². The van der Waals surface area contributed by atoms with Gasteiger partial charge in [-0.1, -0.05) is 26.7 Å². The van der Waals surface area contributed by atoms with Crippen molar-refractivity contribution in [2.45, 2.75) is 45.4 Å². The van der Waals surface area contributed by atoms with E-state index in [4.69, 9.17) is 5.73 Å². The van der Waals surface area contributed by atoms with Gasteiger partial charge in [0.2, 0.25) is 0 Å². The summed E-state index contributed by atoms with van der Waals surface area (Å²) in [6.07, 6.45) is 6.94. The van der Waals surface area contributed by atoms with Gasteiger partial charge in [0.05, 0.1) is 0 Å². The van der Waals surface area contributed by atoms with Gasteiger partial charge in [-0.2, -0.15) is 0 Å². The maximum atomic E-state index is 5.62. The number of rotatable bonds is 5. The topological polar surface area (TPSA) is 38.9 Å². The van der Waals surface area contributed by atoms with Crippen LogP contribution in [-0.4, -0.2) is 4.98 Å². The molecule has 0 aliphatic heterocycles. The summed E-state index contributed by atoms with van der Waals surface area (Å²) >= 11 is 1.64. The number of thiazole rings is 1. The van der Waals surface area contributed by atoms with Crippen LogP contribution in [0.4, 0.5) is 5.13 Å². The number of nitrogens with zero attached hydrogens (tertiary/aromatic N) is 1. The van der Waals surface area contributed by atoms with Crippen molar-refractivity contribution in [1.82, 2.24) is 4.98 Å². The first-order chi connectivity index (χ1) is 6.27. The van der Waals surface area contributed by atoms with Gasteiger partial charge in [-0.25, -0.2) is 4.98 Å². The highest BCUT2D eigenvalue weighted by atomic mass is 32.1. The molecule has 13 heavy (non-hydrogen) atoms. The second-order valence-corrected chi connectivity index (χ2v) is 4.47. The third-order valence-electron chi connectivity index (χ3n) is 2.22. The average Bonchev–Trinajstić information content (AvgIpc) is 2.51. The summed E-state index contributed by atoms with van der Waals surface area (Å²) in [5.41, 5.74) is 5.62. The number of nitrogens with two attached hydrogens (primary N) is 1. The minimum atomic E-state index is 0.685. The lowest BCUT2D eigenvalue weighted by molar-refractivity contribution is 0.568. The molecule has 1 heterocycles. The van der Waals surface area contributed by atoms with E-state index >= 15 is 0 Å². The smallest absolute Gasteiger partial charge is 0.180 e. The molecule has 0 bridgehead atoms. The molecule has 0 unspecified atom stereocenters. The Balaban J connectivity index is 2.63. The first kappa shape index (κ1) is 10.5. The van der Waals surface area contributed by atoms with Crippen LogP contribution in [0.15, 0.2) is 6.20 Å². The normalized spacial score (nSPS) is 11.0. The lowest BCUT2D eigenvalue weighted by atomic mass is 9.97. The van der Waals surface area contributed by atoms with Crippen LogP contribution in [0.1, 0.15) is 50.3 Å². The summed E-state index contributed by atoms with van der Waals surface area (Å²) in [5, 5.41) is 0.701. The van der Waals surface area contributed by atoms with Crippen molar-refractivity contribution in [2.75, 3.05) is 5.73 Å². The van der Waals surface area contributed by atoms with E-state index in [1.165, 1.54) is 30.6 Å². The second kappa shape index (κ2) is 5.22. The molecule has 0 amide bonds. The van der Waals surface area contributed by atoms with Gasteiger partial charge in [0, 0.05) is 11.1 Å². The molecule has 2 nitrogen and oxygen atoms in total. The van der Waals surface area contributed by atoms with Gasteiger partial charge in [-0.3, -0.25) is 0 Å². The van der Waals surface area contributed by atoms with E-state index in [2.05, 4.69) is 18.8 Å². The molecule has 0 radical (unpaired) electrons. The van der Waals surface area contributed by atoms with Crippen LogP contribution in [0, 0.1) is 0 Å². The molecule has 0 saturated carbocycles. The number of nitrogen functional groups attached to an aromatic ring is 1. The number of hydrogen-bond acceptors (Lipinski definition) is 3. The van der Waals surface area contributed by atoms with Crippen molar-refractivity contribution >= 4 is 16.5 Å². The number of hydrogen-bond donors (Lipinski definition) is 1. The van der Waals surface area contributed by atoms with Crippen LogP contribution in [0.2, 0.25) is 0 Å². The van der Waals surface area contributed by atoms with E-state index in [0.717, 1.165) is 0 Å². The predicted molar refractivity (Wildman–Crippen MR) is 59.1 cm³/mol. The maximum Gasteiger partial charge on any atom is 0.180 e. The van der Waals surface area contributed by atoms with Crippen LogP contribution < -0.4 is 5.73 Å². The molecule has 1 aromatic heterocycles. The Hall–Kier alpha value is -0.570. The Morgan fingerprint density at radius 3 is 2.38 bits per heavy atom. The quantitative estimate of drug-likeness (QED) is 0.787. The molecular formula is C10H18N2S. The third kappa shape index (κ3) is 2.99. The predicted octanol–water partition coefficient (Wildman–Crippen LogP) is 3.41. The lowest BCUT2D eigenvalue weighted by Gasteiger charge is -2.11. The summed E-state index contributed by atoms with van der Waals surface area (Å²) in [6, 6.07) is 0. The first-order valence-corrected chi connectivity index (χ1v) is 5.80. The Morgan fingerprint density at radius 2 is 2.00 bits per heavy atom. The standard InChI is InChI=1S/C10H18N2S/c1-3-5-8(6-4-2)9-7-12-10(11)13-9/h7-8H,3-6H2,1-2H3,(H2,11,12). The molecule has 1 rings (SSSR count). The zero-order valence-electron chi connectivity index (χ0n) is 8.42. The van der Waals surface area contributed by atoms with Crippen LogP contribution in [0.5, 0.6) is 0 Å². The molecule has 0 aliphatic rings. The molecule has 0 spiro atoms. The summed E-state index contributed by atoms with van der Waals surface area (Å²) in [4.78, 5) is 5.46. The molecule has 0 aromatic carbocycles. The first-order valence-electron chi connectivity index (χ1n) is 4.99. The van der Waals surface area contributed by atoms with Crippen molar-refractivity contribution in [1.29, 1.82) is 0 Å². The highest BCUT2D eigenvalue weighted by Gasteiger charge is 2.12. The van der Waals surface area contributed by atoms with E-state index in [0.29, 0.717) is 11.0 Å². The van der Waals surface area contributed by atoms with Crippen LogP contribution in [0.3, 0.4) is 0 Å². The van der Waals surface area contributed by atoms with Crippen molar-refractivity contribution < 1.29 is 0 Å². The van der Waals surface area contributed by atoms with Crippen LogP contribution >= 0.6 is 11.3 Å². The SMILES string of the molecule is CCCC(CCC)c1cnc(N)s1. The summed E-state index contributed by atoms with van der Waals surface area (Å²) in [6.45, 7) is 4.46. The minimum Gasteiger partial charge on any atom is -0.375 e. The van der Waals surface area contributed by atoms with Gasteiger partial charge in [-0.15, -0.1) is 11.3 Å². The lowest BCUT2D eigenvalue weighted by Crippen LogP contribution is -1.94. The van der Waals surface area contributed by atoms with Gasteiger partial charge in [0.15, 0.2) is 5.13 Å². The molecule has 0 atom stereocenters. The summed E-state index contributed by atoms with van der Waals surface area (Å²) in [7, 11) is 0. The van der Waals surface area contributed by atoms with Gasteiger partial charge < -0.3 is 5.73 Å². The Labute approximate surface area is 84.2 Å². The maximum absolute atomic E-state index is 5.62.